The van der Waals surface area contributed by atoms with Gasteiger partial charge in [0.2, 0.25) is 0 Å². The van der Waals surface area contributed by atoms with E-state index in [0.717, 1.165) is 11.3 Å². The van der Waals surface area contributed by atoms with Gasteiger partial charge in [-0.2, -0.15) is 13.2 Å². The average molecular weight is 532 g/mol. The van der Waals surface area contributed by atoms with E-state index < -0.39 is 10.9 Å². The van der Waals surface area contributed by atoms with E-state index in [-0.39, 0.29) is 17.9 Å². The Labute approximate surface area is 201 Å². The third-order valence-corrected chi connectivity index (χ3v) is 7.64. The largest absolute Gasteiger partial charge is 0.409 e. The van der Waals surface area contributed by atoms with Crippen LogP contribution < -0.4 is 0 Å². The molecule has 0 N–H and O–H groups in total. The van der Waals surface area contributed by atoms with Crippen molar-refractivity contribution in [3.63, 3.8) is 0 Å². The monoisotopic (exact) mass is 531 g/mol. The number of fused-ring (bicyclic) bond motifs is 1. The molecule has 9 heteroatoms. The minimum atomic E-state index is -4.49. The Morgan fingerprint density at radius 2 is 1.85 bits per heavy atom. The quantitative estimate of drug-likeness (QED) is 0.372. The molecule has 0 saturated heterocycles. The number of halogens is 4. The van der Waals surface area contributed by atoms with Crippen molar-refractivity contribution in [1.82, 2.24) is 9.88 Å². The Morgan fingerprint density at radius 1 is 1.06 bits per heavy atom. The second-order valence-electron chi connectivity index (χ2n) is 7.99. The Balaban J connectivity index is 1.35. The van der Waals surface area contributed by atoms with Crippen LogP contribution in [-0.4, -0.2) is 27.7 Å². The van der Waals surface area contributed by atoms with Crippen LogP contribution in [0, 0.1) is 0 Å². The highest BCUT2D eigenvalue weighted by Gasteiger charge is 2.60. The van der Waals surface area contributed by atoms with E-state index >= 15 is 0 Å². The van der Waals surface area contributed by atoms with Crippen LogP contribution in [0.3, 0.4) is 0 Å². The maximum Gasteiger partial charge on any atom is 0.409 e. The summed E-state index contributed by atoms with van der Waals surface area (Å²) < 4.78 is 45.3. The van der Waals surface area contributed by atoms with Gasteiger partial charge in [-0.05, 0) is 59.0 Å². The number of amides is 1. The number of carbonyl (C=O) groups excluding carboxylic acids is 1. The first kappa shape index (κ1) is 22.2. The standard InChI is InChI=1S/C24H17BrF3N3OS/c25-19-5-1-4-18(11-19)23(24(26,27)28)12-20(30-33-23)15-6-8-16(9-7-15)22(32)31-13-17-3-2-10-29-21(17)14-31/h1-11H,12-14H2. The normalized spacial score (nSPS) is 20.0. The molecular weight excluding hydrogens is 515 g/mol. The first-order chi connectivity index (χ1) is 15.8. The summed E-state index contributed by atoms with van der Waals surface area (Å²) in [6, 6.07) is 16.7. The zero-order valence-corrected chi connectivity index (χ0v) is 19.5. The van der Waals surface area contributed by atoms with Crippen LogP contribution in [0.5, 0.6) is 0 Å². The predicted octanol–water partition coefficient (Wildman–Crippen LogP) is 6.30. The topological polar surface area (TPSA) is 45.6 Å². The fourth-order valence-electron chi connectivity index (χ4n) is 4.13. The van der Waals surface area contributed by atoms with E-state index in [1.807, 2.05) is 12.1 Å². The van der Waals surface area contributed by atoms with Crippen molar-refractivity contribution in [3.8, 4) is 0 Å². The number of hydrogen-bond acceptors (Lipinski definition) is 4. The molecule has 0 aliphatic carbocycles. The van der Waals surface area contributed by atoms with Crippen LogP contribution in [0.4, 0.5) is 13.2 Å². The maximum absolute atomic E-state index is 14.2. The van der Waals surface area contributed by atoms with Crippen molar-refractivity contribution in [1.29, 1.82) is 0 Å². The summed E-state index contributed by atoms with van der Waals surface area (Å²) >= 11 is 3.81. The summed E-state index contributed by atoms with van der Waals surface area (Å²) in [5, 5.41) is 0. The van der Waals surface area contributed by atoms with Crippen LogP contribution in [0.25, 0.3) is 0 Å². The molecule has 0 fully saturated rings. The number of alkyl halides is 3. The lowest BCUT2D eigenvalue weighted by molar-refractivity contribution is -0.159. The van der Waals surface area contributed by atoms with E-state index in [1.165, 1.54) is 12.1 Å². The van der Waals surface area contributed by atoms with Crippen molar-refractivity contribution in [2.24, 2.45) is 4.40 Å². The van der Waals surface area contributed by atoms with E-state index in [2.05, 4.69) is 25.3 Å². The molecule has 0 spiro atoms. The van der Waals surface area contributed by atoms with E-state index in [1.54, 1.807) is 47.5 Å². The molecule has 0 radical (unpaired) electrons. The lowest BCUT2D eigenvalue weighted by atomic mass is 9.89. The summed E-state index contributed by atoms with van der Waals surface area (Å²) in [4.78, 5) is 18.9. The van der Waals surface area contributed by atoms with Crippen molar-refractivity contribution < 1.29 is 18.0 Å². The molecule has 168 valence electrons. The molecule has 0 saturated carbocycles. The van der Waals surface area contributed by atoms with E-state index in [0.29, 0.717) is 46.3 Å². The van der Waals surface area contributed by atoms with Gasteiger partial charge >= 0.3 is 6.18 Å². The van der Waals surface area contributed by atoms with Gasteiger partial charge in [0.05, 0.1) is 18.0 Å². The summed E-state index contributed by atoms with van der Waals surface area (Å²) in [5.41, 5.74) is 3.47. The Hall–Kier alpha value is -2.65. The predicted molar refractivity (Wildman–Crippen MR) is 125 cm³/mol. The van der Waals surface area contributed by atoms with Crippen molar-refractivity contribution in [3.05, 3.63) is 99.3 Å². The highest BCUT2D eigenvalue weighted by molar-refractivity contribution is 9.10. The molecule has 3 heterocycles. The van der Waals surface area contributed by atoms with Crippen molar-refractivity contribution >= 4 is 39.5 Å². The smallest absolute Gasteiger partial charge is 0.328 e. The fourth-order valence-corrected chi connectivity index (χ4v) is 5.50. The van der Waals surface area contributed by atoms with Gasteiger partial charge in [-0.3, -0.25) is 9.78 Å². The molecule has 2 aliphatic rings. The molecule has 2 aromatic carbocycles. The van der Waals surface area contributed by atoms with Gasteiger partial charge in [0.1, 0.15) is 0 Å². The number of nitrogens with zero attached hydrogens (tertiary/aromatic N) is 3. The van der Waals surface area contributed by atoms with Gasteiger partial charge in [-0.15, -0.1) is 0 Å². The molecule has 1 unspecified atom stereocenters. The van der Waals surface area contributed by atoms with Crippen LogP contribution in [-0.2, 0) is 17.8 Å². The second-order valence-corrected chi connectivity index (χ2v) is 9.97. The van der Waals surface area contributed by atoms with Crippen molar-refractivity contribution in [2.75, 3.05) is 0 Å². The van der Waals surface area contributed by atoms with Crippen LogP contribution >= 0.6 is 27.9 Å². The van der Waals surface area contributed by atoms with Crippen LogP contribution in [0.15, 0.2) is 75.7 Å². The summed E-state index contributed by atoms with van der Waals surface area (Å²) in [6.45, 7) is 0.939. The molecular formula is C24H17BrF3N3OS. The summed E-state index contributed by atoms with van der Waals surface area (Å²) in [5.74, 6) is -0.138. The van der Waals surface area contributed by atoms with E-state index in [4.69, 9.17) is 0 Å². The highest BCUT2D eigenvalue weighted by atomic mass is 79.9. The highest BCUT2D eigenvalue weighted by Crippen LogP contribution is 2.56. The van der Waals surface area contributed by atoms with Gasteiger partial charge in [0, 0.05) is 29.2 Å². The Bertz CT molecular complexity index is 1240. The minimum absolute atomic E-state index is 0.138. The van der Waals surface area contributed by atoms with Gasteiger partial charge in [-0.1, -0.05) is 46.3 Å². The summed E-state index contributed by atoms with van der Waals surface area (Å²) in [6.07, 6.45) is -3.06. The molecule has 3 aromatic rings. The molecule has 33 heavy (non-hydrogen) atoms. The molecule has 2 aliphatic heterocycles. The zero-order valence-electron chi connectivity index (χ0n) is 17.1. The number of carbonyl (C=O) groups is 1. The fraction of sp³-hybridized carbons (Fsp3) is 0.208. The van der Waals surface area contributed by atoms with Crippen LogP contribution in [0.1, 0.15) is 39.2 Å². The number of pyridine rings is 1. The first-order valence-electron chi connectivity index (χ1n) is 10.2. The van der Waals surface area contributed by atoms with Crippen LogP contribution in [0.2, 0.25) is 0 Å². The van der Waals surface area contributed by atoms with Gasteiger partial charge in [0.15, 0.2) is 4.75 Å². The SMILES string of the molecule is O=C(c1ccc(C2=NSC(c3cccc(Br)c3)(C(F)(F)F)C2)cc1)N1Cc2cccnc2C1. The molecule has 1 aromatic heterocycles. The molecule has 0 bridgehead atoms. The van der Waals surface area contributed by atoms with E-state index in [9.17, 15) is 18.0 Å². The number of rotatable bonds is 3. The van der Waals surface area contributed by atoms with Gasteiger partial charge < -0.3 is 4.90 Å². The lowest BCUT2D eigenvalue weighted by Crippen LogP contribution is -2.38. The molecule has 1 atom stereocenters. The van der Waals surface area contributed by atoms with Gasteiger partial charge in [0.25, 0.3) is 5.91 Å². The maximum atomic E-state index is 14.2. The zero-order chi connectivity index (χ0) is 23.2. The molecule has 5 rings (SSSR count). The second kappa shape index (κ2) is 8.29. The summed E-state index contributed by atoms with van der Waals surface area (Å²) in [7, 11) is 0. The average Bonchev–Trinajstić information content (AvgIpc) is 3.44. The van der Waals surface area contributed by atoms with Crippen molar-refractivity contribution in [2.45, 2.75) is 30.4 Å². The minimum Gasteiger partial charge on any atom is -0.328 e. The number of aromatic nitrogens is 1. The Morgan fingerprint density at radius 3 is 2.55 bits per heavy atom. The lowest BCUT2D eigenvalue weighted by Gasteiger charge is -2.30. The first-order valence-corrected chi connectivity index (χ1v) is 11.7. The third-order valence-electron chi connectivity index (χ3n) is 5.92. The number of benzene rings is 2. The Kier molecular flexibility index (Phi) is 5.56. The number of hydrogen-bond donors (Lipinski definition) is 0. The van der Waals surface area contributed by atoms with Gasteiger partial charge in [-0.25, -0.2) is 4.40 Å². The molecule has 1 amide bonds. The molecule has 4 nitrogen and oxygen atoms in total. The third kappa shape index (κ3) is 3.97.